The normalized spacial score (nSPS) is 32.8. The second-order valence-corrected chi connectivity index (χ2v) is 5.59. The van der Waals surface area contributed by atoms with Gasteiger partial charge in [0.2, 0.25) is 5.89 Å². The highest BCUT2D eigenvalue weighted by Crippen LogP contribution is 2.36. The van der Waals surface area contributed by atoms with Gasteiger partial charge in [0.1, 0.15) is 0 Å². The molecule has 0 spiro atoms. The summed E-state index contributed by atoms with van der Waals surface area (Å²) >= 11 is 0. The van der Waals surface area contributed by atoms with Gasteiger partial charge >= 0.3 is 0 Å². The second-order valence-electron chi connectivity index (χ2n) is 5.59. The Morgan fingerprint density at radius 2 is 2.33 bits per heavy atom. The molecule has 1 aromatic rings. The van der Waals surface area contributed by atoms with Gasteiger partial charge in [0.05, 0.1) is 13.2 Å². The van der Waals surface area contributed by atoms with Crippen LogP contribution in [0.5, 0.6) is 0 Å². The minimum atomic E-state index is 0.314. The summed E-state index contributed by atoms with van der Waals surface area (Å²) < 4.78 is 10.8. The van der Waals surface area contributed by atoms with E-state index in [1.54, 1.807) is 0 Å². The van der Waals surface area contributed by atoms with Crippen LogP contribution in [0.1, 0.15) is 43.8 Å². The molecule has 18 heavy (non-hydrogen) atoms. The highest BCUT2D eigenvalue weighted by atomic mass is 16.5. The number of nitrogens with zero attached hydrogens (tertiary/aromatic N) is 2. The molecule has 100 valence electrons. The molecule has 1 saturated carbocycles. The number of morpholine rings is 1. The summed E-state index contributed by atoms with van der Waals surface area (Å²) in [7, 11) is 0. The van der Waals surface area contributed by atoms with Crippen LogP contribution in [0.25, 0.3) is 0 Å². The van der Waals surface area contributed by atoms with E-state index in [1.165, 1.54) is 19.3 Å². The van der Waals surface area contributed by atoms with E-state index in [-0.39, 0.29) is 0 Å². The number of aromatic nitrogens is 2. The van der Waals surface area contributed by atoms with Crippen molar-refractivity contribution in [2.75, 3.05) is 19.8 Å². The smallest absolute Gasteiger partial charge is 0.228 e. The molecule has 3 rings (SSSR count). The van der Waals surface area contributed by atoms with Crippen LogP contribution in [-0.2, 0) is 11.2 Å². The first-order valence-electron chi connectivity index (χ1n) is 6.95. The van der Waals surface area contributed by atoms with Crippen LogP contribution in [0.3, 0.4) is 0 Å². The molecule has 3 unspecified atom stereocenters. The summed E-state index contributed by atoms with van der Waals surface area (Å²) in [6.45, 7) is 4.74. The second kappa shape index (κ2) is 5.36. The fourth-order valence-corrected chi connectivity index (χ4v) is 2.92. The molecule has 2 heterocycles. The highest BCUT2D eigenvalue weighted by Gasteiger charge is 2.27. The Bertz CT molecular complexity index is 387. The lowest BCUT2D eigenvalue weighted by molar-refractivity contribution is 0.0744. The van der Waals surface area contributed by atoms with Gasteiger partial charge in [-0.3, -0.25) is 0 Å². The van der Waals surface area contributed by atoms with Crippen LogP contribution in [0.15, 0.2) is 4.52 Å². The SMILES string of the molecule is CC1CCC(c2noc(CC3COCCN3)n2)C1. The molecule has 2 aliphatic rings. The van der Waals surface area contributed by atoms with Crippen molar-refractivity contribution in [3.8, 4) is 0 Å². The van der Waals surface area contributed by atoms with Crippen LogP contribution in [0, 0.1) is 5.92 Å². The first kappa shape index (κ1) is 12.1. The van der Waals surface area contributed by atoms with Gasteiger partial charge in [-0.25, -0.2) is 0 Å². The van der Waals surface area contributed by atoms with Crippen molar-refractivity contribution in [1.82, 2.24) is 15.5 Å². The third kappa shape index (κ3) is 2.72. The van der Waals surface area contributed by atoms with Crippen molar-refractivity contribution in [3.63, 3.8) is 0 Å². The minimum Gasteiger partial charge on any atom is -0.378 e. The molecule has 1 aromatic heterocycles. The van der Waals surface area contributed by atoms with Crippen molar-refractivity contribution in [1.29, 1.82) is 0 Å². The van der Waals surface area contributed by atoms with Gasteiger partial charge in [0.25, 0.3) is 0 Å². The molecular formula is C13H21N3O2. The predicted octanol–water partition coefficient (Wildman–Crippen LogP) is 1.50. The zero-order valence-electron chi connectivity index (χ0n) is 10.9. The summed E-state index contributed by atoms with van der Waals surface area (Å²) in [5.74, 6) is 2.96. The maximum absolute atomic E-state index is 5.42. The molecule has 0 radical (unpaired) electrons. The molecule has 1 N–H and O–H groups in total. The maximum atomic E-state index is 5.42. The summed E-state index contributed by atoms with van der Waals surface area (Å²) in [6, 6.07) is 0.314. The average molecular weight is 251 g/mol. The van der Waals surface area contributed by atoms with Gasteiger partial charge in [0, 0.05) is 24.9 Å². The van der Waals surface area contributed by atoms with Gasteiger partial charge < -0.3 is 14.6 Å². The Labute approximate surface area is 107 Å². The Kier molecular flexibility index (Phi) is 3.61. The first-order chi connectivity index (χ1) is 8.81. The zero-order valence-corrected chi connectivity index (χ0v) is 10.9. The van der Waals surface area contributed by atoms with E-state index >= 15 is 0 Å². The first-order valence-corrected chi connectivity index (χ1v) is 6.95. The van der Waals surface area contributed by atoms with E-state index in [9.17, 15) is 0 Å². The summed E-state index contributed by atoms with van der Waals surface area (Å²) in [5.41, 5.74) is 0. The molecule has 3 atom stereocenters. The molecule has 1 saturated heterocycles. The minimum absolute atomic E-state index is 0.314. The van der Waals surface area contributed by atoms with Gasteiger partial charge in [0.15, 0.2) is 5.82 Å². The molecule has 5 heteroatoms. The Morgan fingerprint density at radius 3 is 3.06 bits per heavy atom. The zero-order chi connectivity index (χ0) is 12.4. The molecule has 0 amide bonds. The lowest BCUT2D eigenvalue weighted by Crippen LogP contribution is -2.42. The van der Waals surface area contributed by atoms with Crippen LogP contribution in [0.2, 0.25) is 0 Å². The molecule has 0 aromatic carbocycles. The Balaban J connectivity index is 1.59. The van der Waals surface area contributed by atoms with Crippen LogP contribution >= 0.6 is 0 Å². The Hall–Kier alpha value is -0.940. The summed E-state index contributed by atoms with van der Waals surface area (Å²) in [5, 5.41) is 7.54. The maximum Gasteiger partial charge on any atom is 0.228 e. The topological polar surface area (TPSA) is 60.2 Å². The van der Waals surface area contributed by atoms with E-state index in [2.05, 4.69) is 22.4 Å². The van der Waals surface area contributed by atoms with E-state index in [1.807, 2.05) is 0 Å². The standard InChI is InChI=1S/C13H21N3O2/c1-9-2-3-10(6-9)13-15-12(18-16-13)7-11-8-17-5-4-14-11/h9-11,14H,2-8H2,1H3. The lowest BCUT2D eigenvalue weighted by Gasteiger charge is -2.22. The predicted molar refractivity (Wildman–Crippen MR) is 66.4 cm³/mol. The van der Waals surface area contributed by atoms with E-state index in [0.717, 1.165) is 43.8 Å². The molecule has 2 fully saturated rings. The van der Waals surface area contributed by atoms with Crippen molar-refractivity contribution >= 4 is 0 Å². The summed E-state index contributed by atoms with van der Waals surface area (Å²) in [4.78, 5) is 4.55. The third-order valence-electron chi connectivity index (χ3n) is 3.96. The average Bonchev–Trinajstić information content (AvgIpc) is 2.99. The number of hydrogen-bond acceptors (Lipinski definition) is 5. The van der Waals surface area contributed by atoms with Crippen LogP contribution in [-0.4, -0.2) is 35.9 Å². The third-order valence-corrected chi connectivity index (χ3v) is 3.96. The van der Waals surface area contributed by atoms with Crippen molar-refractivity contribution < 1.29 is 9.26 Å². The molecular weight excluding hydrogens is 230 g/mol. The monoisotopic (exact) mass is 251 g/mol. The van der Waals surface area contributed by atoms with E-state index in [0.29, 0.717) is 12.0 Å². The van der Waals surface area contributed by atoms with Crippen LogP contribution < -0.4 is 5.32 Å². The molecule has 5 nitrogen and oxygen atoms in total. The number of hydrogen-bond donors (Lipinski definition) is 1. The van der Waals surface area contributed by atoms with Gasteiger partial charge in [-0.1, -0.05) is 12.1 Å². The van der Waals surface area contributed by atoms with Crippen LogP contribution in [0.4, 0.5) is 0 Å². The largest absolute Gasteiger partial charge is 0.378 e. The van der Waals surface area contributed by atoms with Crippen molar-refractivity contribution in [2.45, 2.75) is 44.6 Å². The fourth-order valence-electron chi connectivity index (χ4n) is 2.92. The molecule has 1 aliphatic carbocycles. The van der Waals surface area contributed by atoms with Gasteiger partial charge in [-0.15, -0.1) is 0 Å². The number of nitrogens with one attached hydrogen (secondary N) is 1. The number of ether oxygens (including phenoxy) is 1. The molecule has 1 aliphatic heterocycles. The number of rotatable bonds is 3. The van der Waals surface area contributed by atoms with Gasteiger partial charge in [-0.2, -0.15) is 4.98 Å². The highest BCUT2D eigenvalue weighted by molar-refractivity contribution is 5.00. The summed E-state index contributed by atoms with van der Waals surface area (Å²) in [6.07, 6.45) is 4.45. The van der Waals surface area contributed by atoms with Crippen molar-refractivity contribution in [2.24, 2.45) is 5.92 Å². The van der Waals surface area contributed by atoms with E-state index < -0.39 is 0 Å². The van der Waals surface area contributed by atoms with Crippen molar-refractivity contribution in [3.05, 3.63) is 11.7 Å². The lowest BCUT2D eigenvalue weighted by atomic mass is 10.1. The van der Waals surface area contributed by atoms with Gasteiger partial charge in [-0.05, 0) is 25.2 Å². The van der Waals surface area contributed by atoms with E-state index in [4.69, 9.17) is 9.26 Å². The fraction of sp³-hybridized carbons (Fsp3) is 0.846. The molecule has 0 bridgehead atoms. The Morgan fingerprint density at radius 1 is 1.39 bits per heavy atom. The quantitative estimate of drug-likeness (QED) is 0.882.